The third-order valence-corrected chi connectivity index (χ3v) is 9.91. The molecule has 2 nitrogen and oxygen atoms in total. The van der Waals surface area contributed by atoms with Gasteiger partial charge in [-0.05, 0) is 76.6 Å². The summed E-state index contributed by atoms with van der Waals surface area (Å²) in [7, 11) is 2.06. The van der Waals surface area contributed by atoms with E-state index in [9.17, 15) is 0 Å². The molecule has 0 amide bonds. The first-order valence-electron chi connectivity index (χ1n) is 15.8. The highest BCUT2D eigenvalue weighted by atomic mass is 16.3. The van der Waals surface area contributed by atoms with Gasteiger partial charge in [0, 0.05) is 31.0 Å². The molecule has 2 heterocycles. The van der Waals surface area contributed by atoms with Crippen molar-refractivity contribution in [2.75, 3.05) is 0 Å². The Labute approximate surface area is 235 Å². The molecule has 39 heavy (non-hydrogen) atoms. The predicted molar refractivity (Wildman–Crippen MR) is 164 cm³/mol. The summed E-state index contributed by atoms with van der Waals surface area (Å²) in [6.07, 6.45) is 7.19. The molecule has 2 heteroatoms. The largest absolute Gasteiger partial charge is 0.454 e. The number of aryl methyl sites for hydroxylation is 2. The van der Waals surface area contributed by atoms with Crippen molar-refractivity contribution in [1.29, 1.82) is 0 Å². The van der Waals surface area contributed by atoms with Gasteiger partial charge in [0.05, 0.1) is 5.56 Å². The predicted octanol–water partition coefficient (Wildman–Crippen LogP) is 9.62. The van der Waals surface area contributed by atoms with E-state index >= 15 is 0 Å². The van der Waals surface area contributed by atoms with Gasteiger partial charge in [0.1, 0.15) is 18.2 Å². The average molecular weight is 519 g/mol. The molecule has 200 valence electrons. The summed E-state index contributed by atoms with van der Waals surface area (Å²) < 4.78 is 27.3. The van der Waals surface area contributed by atoms with E-state index in [1.807, 2.05) is 12.3 Å². The highest BCUT2D eigenvalue weighted by molar-refractivity contribution is 6.18. The van der Waals surface area contributed by atoms with E-state index in [0.717, 1.165) is 76.4 Å². The number of aromatic nitrogens is 1. The van der Waals surface area contributed by atoms with Gasteiger partial charge >= 0.3 is 0 Å². The zero-order valence-electron chi connectivity index (χ0n) is 26.4. The van der Waals surface area contributed by atoms with Gasteiger partial charge in [-0.25, -0.2) is 4.57 Å². The Morgan fingerprint density at radius 1 is 0.897 bits per heavy atom. The monoisotopic (exact) mass is 518 g/mol. The molecule has 1 fully saturated rings. The molecule has 0 unspecified atom stereocenters. The summed E-state index contributed by atoms with van der Waals surface area (Å²) in [6.45, 7) is 11.7. The van der Waals surface area contributed by atoms with Gasteiger partial charge in [0.25, 0.3) is 0 Å². The van der Waals surface area contributed by atoms with Crippen molar-refractivity contribution in [3.05, 3.63) is 77.0 Å². The summed E-state index contributed by atoms with van der Waals surface area (Å²) >= 11 is 0. The quantitative estimate of drug-likeness (QED) is 0.217. The summed E-state index contributed by atoms with van der Waals surface area (Å²) in [5.41, 5.74) is 8.91. The Balaban J connectivity index is 1.52. The average Bonchev–Trinajstić information content (AvgIpc) is 3.60. The number of benzene rings is 3. The molecule has 2 aliphatic rings. The smallest absolute Gasteiger partial charge is 0.216 e. The normalized spacial score (nSPS) is 19.9. The van der Waals surface area contributed by atoms with Crippen molar-refractivity contribution < 1.29 is 11.7 Å². The zero-order chi connectivity index (χ0) is 28.9. The summed E-state index contributed by atoms with van der Waals surface area (Å²) in [5, 5.41) is 4.77. The molecule has 7 rings (SSSR count). The summed E-state index contributed by atoms with van der Waals surface area (Å²) in [6, 6.07) is 17.6. The Morgan fingerprint density at radius 3 is 2.38 bits per heavy atom. The molecule has 0 bridgehead atoms. The molecule has 0 saturated heterocycles. The van der Waals surface area contributed by atoms with Crippen molar-refractivity contribution in [2.24, 2.45) is 13.0 Å². The highest BCUT2D eigenvalue weighted by Crippen LogP contribution is 2.51. The van der Waals surface area contributed by atoms with Crippen LogP contribution in [-0.2, 0) is 24.3 Å². The maximum absolute atomic E-state index is 9.08. The number of rotatable bonds is 3. The van der Waals surface area contributed by atoms with Crippen LogP contribution in [0.15, 0.2) is 59.1 Å². The zero-order valence-corrected chi connectivity index (χ0v) is 24.4. The van der Waals surface area contributed by atoms with Crippen LogP contribution in [0.1, 0.15) is 91.2 Å². The molecule has 0 atom stereocenters. The van der Waals surface area contributed by atoms with E-state index in [4.69, 9.17) is 7.16 Å². The van der Waals surface area contributed by atoms with Crippen LogP contribution in [0.25, 0.3) is 44.0 Å². The SMILES string of the molecule is [2H]C([2H])(c1cc[n+](C)c(-c2c(C)ccc3c2oc2c3ccc3ccc4c(c32)C(C)(C)CCC4(C)C)c1)C1CCCC1. The number of hydrogen-bond donors (Lipinski definition) is 0. The fourth-order valence-corrected chi connectivity index (χ4v) is 7.49. The van der Waals surface area contributed by atoms with Crippen LogP contribution < -0.4 is 4.57 Å². The number of nitrogens with zero attached hydrogens (tertiary/aromatic N) is 1. The Kier molecular flexibility index (Phi) is 5.05. The number of fused-ring (bicyclic) bond motifs is 7. The van der Waals surface area contributed by atoms with Crippen molar-refractivity contribution in [3.63, 3.8) is 0 Å². The first-order chi connectivity index (χ1) is 19.4. The van der Waals surface area contributed by atoms with Crippen LogP contribution in [-0.4, -0.2) is 0 Å². The van der Waals surface area contributed by atoms with E-state index in [1.54, 1.807) is 0 Å². The molecular weight excluding hydrogens is 474 g/mol. The third kappa shape index (κ3) is 3.85. The number of furan rings is 1. The van der Waals surface area contributed by atoms with Gasteiger partial charge < -0.3 is 4.42 Å². The molecule has 2 aromatic heterocycles. The van der Waals surface area contributed by atoms with Crippen molar-refractivity contribution in [3.8, 4) is 11.3 Å². The Bertz CT molecular complexity index is 1850. The summed E-state index contributed by atoms with van der Waals surface area (Å²) in [5.74, 6) is 0.0799. The lowest BCUT2D eigenvalue weighted by Crippen LogP contribution is -2.34. The van der Waals surface area contributed by atoms with Gasteiger partial charge in [0.15, 0.2) is 6.20 Å². The first-order valence-corrected chi connectivity index (χ1v) is 14.8. The van der Waals surface area contributed by atoms with Crippen LogP contribution >= 0.6 is 0 Å². The van der Waals surface area contributed by atoms with E-state index in [1.165, 1.54) is 28.3 Å². The Morgan fingerprint density at radius 2 is 1.59 bits per heavy atom. The van der Waals surface area contributed by atoms with Gasteiger partial charge in [0.2, 0.25) is 5.69 Å². The molecular formula is C37H42NO+. The van der Waals surface area contributed by atoms with E-state index in [2.05, 4.69) is 88.7 Å². The number of hydrogen-bond acceptors (Lipinski definition) is 1. The van der Waals surface area contributed by atoms with E-state index in [-0.39, 0.29) is 16.7 Å². The van der Waals surface area contributed by atoms with E-state index in [0.29, 0.717) is 0 Å². The van der Waals surface area contributed by atoms with Crippen LogP contribution in [0.5, 0.6) is 0 Å². The molecule has 2 aliphatic carbocycles. The van der Waals surface area contributed by atoms with Gasteiger partial charge in [-0.15, -0.1) is 0 Å². The third-order valence-electron chi connectivity index (χ3n) is 9.91. The molecule has 1 saturated carbocycles. The van der Waals surface area contributed by atoms with Crippen molar-refractivity contribution >= 4 is 32.7 Å². The van der Waals surface area contributed by atoms with Crippen molar-refractivity contribution in [2.45, 2.75) is 90.3 Å². The lowest BCUT2D eigenvalue weighted by molar-refractivity contribution is -0.660. The second-order valence-electron chi connectivity index (χ2n) is 13.6. The van der Waals surface area contributed by atoms with Gasteiger partial charge in [-0.1, -0.05) is 83.7 Å². The van der Waals surface area contributed by atoms with Gasteiger partial charge in [-0.3, -0.25) is 0 Å². The fraction of sp³-hybridized carbons (Fsp3) is 0.432. The second-order valence-corrected chi connectivity index (χ2v) is 13.6. The van der Waals surface area contributed by atoms with Gasteiger partial charge in [-0.2, -0.15) is 0 Å². The highest BCUT2D eigenvalue weighted by Gasteiger charge is 2.39. The number of pyridine rings is 1. The van der Waals surface area contributed by atoms with Crippen molar-refractivity contribution in [1.82, 2.24) is 0 Å². The Hall–Kier alpha value is -3.13. The maximum Gasteiger partial charge on any atom is 0.216 e. The standard InChI is InChI=1S/C37H42NO/c1-23-11-14-27-28-15-12-26-13-16-29-33(37(4,5)19-18-36(29,2)3)32(26)35(28)39-34(27)31(23)30-22-25(17-20-38(30)6)21-24-9-7-8-10-24/h11-17,20,22,24H,7-10,18-19,21H2,1-6H3/q+1/i21D2. The topological polar surface area (TPSA) is 17.0 Å². The minimum absolute atomic E-state index is 0.0585. The summed E-state index contributed by atoms with van der Waals surface area (Å²) in [4.78, 5) is 0. The van der Waals surface area contributed by atoms with Crippen LogP contribution in [0.3, 0.4) is 0 Å². The molecule has 5 aromatic rings. The van der Waals surface area contributed by atoms with Crippen LogP contribution in [0, 0.1) is 12.8 Å². The fourth-order valence-electron chi connectivity index (χ4n) is 7.49. The molecule has 3 aromatic carbocycles. The lowest BCUT2D eigenvalue weighted by atomic mass is 9.62. The first kappa shape index (κ1) is 22.7. The maximum atomic E-state index is 9.08. The minimum atomic E-state index is -1.34. The van der Waals surface area contributed by atoms with E-state index < -0.39 is 6.37 Å². The lowest BCUT2D eigenvalue weighted by Gasteiger charge is -2.42. The van der Waals surface area contributed by atoms with Crippen LogP contribution in [0.4, 0.5) is 0 Å². The van der Waals surface area contributed by atoms with Crippen LogP contribution in [0.2, 0.25) is 0 Å². The second kappa shape index (κ2) is 8.68. The molecule has 0 spiro atoms. The molecule has 0 aliphatic heterocycles. The minimum Gasteiger partial charge on any atom is -0.454 e. The molecule has 0 radical (unpaired) electrons. The molecule has 0 N–H and O–H groups in total.